The number of sulfonamides is 1. The van der Waals surface area contributed by atoms with E-state index in [0.717, 1.165) is 36.4 Å². The van der Waals surface area contributed by atoms with Crippen molar-refractivity contribution in [2.75, 3.05) is 13.2 Å². The highest BCUT2D eigenvalue weighted by Crippen LogP contribution is 2.40. The minimum absolute atomic E-state index is 0.0632. The lowest BCUT2D eigenvalue weighted by molar-refractivity contribution is -0.386. The summed E-state index contributed by atoms with van der Waals surface area (Å²) in [5.41, 5.74) is -1.86. The number of pyridine rings is 1. The lowest BCUT2D eigenvalue weighted by atomic mass is 9.83. The molecule has 2 heterocycles. The van der Waals surface area contributed by atoms with Gasteiger partial charge in [0.05, 0.1) is 27.6 Å². The van der Waals surface area contributed by atoms with E-state index in [2.05, 4.69) is 20.9 Å². The van der Waals surface area contributed by atoms with E-state index in [9.17, 15) is 23.3 Å². The van der Waals surface area contributed by atoms with Gasteiger partial charge in [0.1, 0.15) is 29.4 Å². The summed E-state index contributed by atoms with van der Waals surface area (Å²) in [7, 11) is -4.59. The molecule has 1 amide bonds. The van der Waals surface area contributed by atoms with E-state index in [0.29, 0.717) is 43.2 Å². The van der Waals surface area contributed by atoms with Crippen molar-refractivity contribution < 1.29 is 32.0 Å². The van der Waals surface area contributed by atoms with E-state index in [-0.39, 0.29) is 35.9 Å². The van der Waals surface area contributed by atoms with E-state index >= 15 is 4.39 Å². The molecule has 2 aliphatic carbocycles. The van der Waals surface area contributed by atoms with Crippen LogP contribution < -0.4 is 14.2 Å². The summed E-state index contributed by atoms with van der Waals surface area (Å²) in [5, 5.41) is 21.7. The number of H-pyrrole nitrogens is 1. The largest absolute Gasteiger partial charge is 0.483 e. The maximum Gasteiger partial charge on any atom is 0.312 e. The highest BCUT2D eigenvalue weighted by molar-refractivity contribution is 7.90. The molecule has 13 nitrogen and oxygen atoms in total. The number of halogens is 1. The van der Waals surface area contributed by atoms with Crippen LogP contribution in [-0.4, -0.2) is 65.0 Å². The summed E-state index contributed by atoms with van der Waals surface area (Å²) < 4.78 is 55.6. The number of para-hydroxylation sites is 1. The maximum atomic E-state index is 15.8. The van der Waals surface area contributed by atoms with Crippen molar-refractivity contribution in [3.05, 3.63) is 82.7 Å². The Morgan fingerprint density at radius 1 is 1.12 bits per heavy atom. The fourth-order valence-electron chi connectivity index (χ4n) is 6.06. The van der Waals surface area contributed by atoms with Gasteiger partial charge in [-0.15, -0.1) is 0 Å². The predicted molar refractivity (Wildman–Crippen MR) is 172 cm³/mol. The van der Waals surface area contributed by atoms with Crippen LogP contribution >= 0.6 is 0 Å². The normalized spacial score (nSPS) is 19.5. The lowest BCUT2D eigenvalue weighted by Gasteiger charge is -2.39. The Morgan fingerprint density at radius 2 is 1.88 bits per heavy atom. The summed E-state index contributed by atoms with van der Waals surface area (Å²) in [6.45, 7) is 0.223. The van der Waals surface area contributed by atoms with Gasteiger partial charge in [-0.05, 0) is 74.9 Å². The van der Waals surface area contributed by atoms with Crippen LogP contribution in [0.2, 0.25) is 0 Å². The molecule has 0 spiro atoms. The van der Waals surface area contributed by atoms with E-state index in [1.54, 1.807) is 24.4 Å². The Balaban J connectivity index is 1.11. The first-order valence-corrected chi connectivity index (χ1v) is 17.0. The van der Waals surface area contributed by atoms with Crippen LogP contribution in [-0.2, 0) is 10.0 Å². The zero-order valence-electron chi connectivity index (χ0n) is 25.8. The van der Waals surface area contributed by atoms with Crippen molar-refractivity contribution in [2.45, 2.75) is 67.6 Å². The predicted octanol–water partition coefficient (Wildman–Crippen LogP) is 5.79. The number of aromatic nitrogens is 2. The molecule has 48 heavy (non-hydrogen) atoms. The van der Waals surface area contributed by atoms with Gasteiger partial charge in [0.2, 0.25) is 0 Å². The molecular formula is C33H33FN6O7S. The summed E-state index contributed by atoms with van der Waals surface area (Å²) >= 11 is 0. The molecule has 0 radical (unpaired) electrons. The Labute approximate surface area is 275 Å². The fraction of sp³-hybridized carbons (Fsp3) is 0.364. The monoisotopic (exact) mass is 676 g/mol. The second-order valence-corrected chi connectivity index (χ2v) is 13.7. The van der Waals surface area contributed by atoms with E-state index in [1.165, 1.54) is 24.4 Å². The number of nitrogens with one attached hydrogen (secondary N) is 2. The third kappa shape index (κ3) is 7.40. The number of nitriles is 1. The zero-order valence-corrected chi connectivity index (χ0v) is 26.6. The SMILES string of the molecule is N#CCCN(C1CC1)C1CCC(F)(COc2ccc(S(=O)(=O)NC(=O)c3ccccc3Oc3cnc4[nH]ccc4c3)cc2[N+](=O)[O-])CC1. The number of nitrogens with zero attached hydrogens (tertiary/aromatic N) is 4. The van der Waals surface area contributed by atoms with Gasteiger partial charge in [-0.1, -0.05) is 12.1 Å². The van der Waals surface area contributed by atoms with Crippen LogP contribution in [0.25, 0.3) is 11.0 Å². The maximum absolute atomic E-state index is 15.8. The lowest BCUT2D eigenvalue weighted by Crippen LogP contribution is -2.45. The minimum atomic E-state index is -4.59. The highest BCUT2D eigenvalue weighted by atomic mass is 32.2. The van der Waals surface area contributed by atoms with Crippen molar-refractivity contribution in [3.63, 3.8) is 0 Å². The van der Waals surface area contributed by atoms with Crippen molar-refractivity contribution in [1.29, 1.82) is 5.26 Å². The fourth-order valence-corrected chi connectivity index (χ4v) is 7.05. The standard InChI is InChI=1S/C33H33FN6O7S/c34-33(13-10-24(11-14-33)39(17-3-15-35)23-6-7-23)21-46-30-9-8-26(19-28(30)40(42)43)48(44,45)38-32(41)27-4-1-2-5-29(27)47-25-18-22-12-16-36-31(22)37-20-25/h1-2,4-5,8-9,12,16,18-20,23-24H,3,6-7,10-11,13-14,17,21H2,(H,36,37)(H,38,41). The molecule has 0 saturated heterocycles. The number of carbonyl (C=O) groups excluding carboxylic acids is 1. The molecular weight excluding hydrogens is 643 g/mol. The Morgan fingerprint density at radius 3 is 2.60 bits per heavy atom. The molecule has 2 fully saturated rings. The topological polar surface area (TPSA) is 181 Å². The van der Waals surface area contributed by atoms with Crippen molar-refractivity contribution >= 4 is 32.7 Å². The summed E-state index contributed by atoms with van der Waals surface area (Å²) in [6.07, 6.45) is 7.29. The van der Waals surface area contributed by atoms with Gasteiger partial charge in [-0.2, -0.15) is 5.26 Å². The number of aromatic amines is 1. The molecule has 2 aliphatic rings. The van der Waals surface area contributed by atoms with Crippen LogP contribution in [0.3, 0.4) is 0 Å². The number of hydrogen-bond donors (Lipinski definition) is 2. The Kier molecular flexibility index (Phi) is 9.29. The first kappa shape index (κ1) is 32.9. The number of benzene rings is 2. The van der Waals surface area contributed by atoms with Gasteiger partial charge in [0, 0.05) is 42.7 Å². The van der Waals surface area contributed by atoms with Crippen molar-refractivity contribution in [1.82, 2.24) is 19.6 Å². The van der Waals surface area contributed by atoms with Crippen LogP contribution in [0, 0.1) is 21.4 Å². The quantitative estimate of drug-likeness (QED) is 0.130. The average molecular weight is 677 g/mol. The Bertz CT molecular complexity index is 1980. The van der Waals surface area contributed by atoms with Gasteiger partial charge in [0.25, 0.3) is 15.9 Å². The molecule has 0 unspecified atom stereocenters. The molecule has 0 atom stereocenters. The van der Waals surface area contributed by atoms with Gasteiger partial charge in [-0.3, -0.25) is 19.8 Å². The smallest absolute Gasteiger partial charge is 0.312 e. The second kappa shape index (κ2) is 13.6. The Hall–Kier alpha value is -5.07. The summed E-state index contributed by atoms with van der Waals surface area (Å²) in [6, 6.07) is 15.2. The highest BCUT2D eigenvalue weighted by Gasteiger charge is 2.41. The molecule has 2 aromatic carbocycles. The number of ether oxygens (including phenoxy) is 2. The summed E-state index contributed by atoms with van der Waals surface area (Å²) in [4.78, 5) is 33.2. The van der Waals surface area contributed by atoms with Gasteiger partial charge < -0.3 is 14.5 Å². The average Bonchev–Trinajstić information content (AvgIpc) is 3.80. The molecule has 6 rings (SSSR count). The molecule has 0 bridgehead atoms. The van der Waals surface area contributed by atoms with E-state index in [4.69, 9.17) is 14.7 Å². The van der Waals surface area contributed by atoms with E-state index in [1.807, 2.05) is 4.72 Å². The third-order valence-corrected chi connectivity index (χ3v) is 10.0. The van der Waals surface area contributed by atoms with Gasteiger partial charge in [0.15, 0.2) is 5.75 Å². The number of fused-ring (bicyclic) bond motifs is 1. The van der Waals surface area contributed by atoms with Crippen molar-refractivity contribution in [2.24, 2.45) is 0 Å². The molecule has 250 valence electrons. The van der Waals surface area contributed by atoms with Crippen LogP contribution in [0.4, 0.5) is 10.1 Å². The number of amides is 1. The summed E-state index contributed by atoms with van der Waals surface area (Å²) in [5.74, 6) is -0.930. The van der Waals surface area contributed by atoms with Crippen LogP contribution in [0.5, 0.6) is 17.2 Å². The number of hydrogen-bond acceptors (Lipinski definition) is 10. The minimum Gasteiger partial charge on any atom is -0.483 e. The number of nitro groups is 1. The number of alkyl halides is 1. The molecule has 2 aromatic heterocycles. The molecule has 15 heteroatoms. The molecule has 0 aliphatic heterocycles. The number of nitro benzene ring substituents is 1. The van der Waals surface area contributed by atoms with Crippen LogP contribution in [0.1, 0.15) is 55.3 Å². The second-order valence-electron chi connectivity index (χ2n) is 12.1. The molecule has 4 aromatic rings. The van der Waals surface area contributed by atoms with E-state index < -0.39 is 43.7 Å². The van der Waals surface area contributed by atoms with Crippen LogP contribution in [0.15, 0.2) is 71.9 Å². The first-order chi connectivity index (χ1) is 23.0. The van der Waals surface area contributed by atoms with Crippen molar-refractivity contribution in [3.8, 4) is 23.3 Å². The number of carbonyl (C=O) groups is 1. The first-order valence-electron chi connectivity index (χ1n) is 15.6. The third-order valence-electron chi connectivity index (χ3n) is 8.70. The number of rotatable bonds is 13. The molecule has 2 N–H and O–H groups in total. The zero-order chi connectivity index (χ0) is 33.9. The van der Waals surface area contributed by atoms with Gasteiger partial charge in [-0.25, -0.2) is 22.5 Å². The molecule has 2 saturated carbocycles. The van der Waals surface area contributed by atoms with Gasteiger partial charge >= 0.3 is 5.69 Å².